The molecule has 1 fully saturated rings. The van der Waals surface area contributed by atoms with Gasteiger partial charge in [-0.25, -0.2) is 19.8 Å². The van der Waals surface area contributed by atoms with Crippen molar-refractivity contribution in [2.75, 3.05) is 0 Å². The average Bonchev–Trinajstić information content (AvgIpc) is 3.67. The molecule has 0 saturated carbocycles. The normalized spacial score (nSPS) is 23.5. The van der Waals surface area contributed by atoms with E-state index in [1.807, 2.05) is 26.8 Å². The summed E-state index contributed by atoms with van der Waals surface area (Å²) in [6.07, 6.45) is 7.92. The van der Waals surface area contributed by atoms with E-state index in [1.54, 1.807) is 25.2 Å². The summed E-state index contributed by atoms with van der Waals surface area (Å²) in [7, 11) is 0. The van der Waals surface area contributed by atoms with Crippen molar-refractivity contribution in [3.63, 3.8) is 0 Å². The van der Waals surface area contributed by atoms with Gasteiger partial charge >= 0.3 is 17.9 Å². The lowest BCUT2D eigenvalue weighted by molar-refractivity contribution is -0.138. The second-order valence-corrected chi connectivity index (χ2v) is 11.3. The van der Waals surface area contributed by atoms with Crippen LogP contribution in [0.2, 0.25) is 0 Å². The number of aliphatic imine (C=N–C) groups is 3. The van der Waals surface area contributed by atoms with Gasteiger partial charge in [0, 0.05) is 46.4 Å². The molecular formula is C34H34N4O7. The minimum absolute atomic E-state index is 0.00111. The largest absolute Gasteiger partial charge is 0.515 e. The van der Waals surface area contributed by atoms with Crippen molar-refractivity contribution in [1.29, 1.82) is 0 Å². The highest BCUT2D eigenvalue weighted by Gasteiger charge is 2.39. The summed E-state index contributed by atoms with van der Waals surface area (Å²) < 4.78 is 0. The van der Waals surface area contributed by atoms with Crippen LogP contribution in [-0.4, -0.2) is 55.5 Å². The van der Waals surface area contributed by atoms with Gasteiger partial charge in [-0.3, -0.25) is 9.59 Å². The average molecular weight is 611 g/mol. The summed E-state index contributed by atoms with van der Waals surface area (Å²) in [5, 5.41) is 43.5. The number of nitrogens with one attached hydrogen (secondary N) is 1. The number of aliphatic hydroxyl groups excluding tert-OH is 1. The topological polar surface area (TPSA) is 181 Å². The third-order valence-corrected chi connectivity index (χ3v) is 8.78. The Labute approximate surface area is 259 Å². The van der Waals surface area contributed by atoms with E-state index in [2.05, 4.69) is 11.9 Å². The van der Waals surface area contributed by atoms with Crippen LogP contribution in [0.15, 0.2) is 120 Å². The lowest BCUT2D eigenvalue weighted by Crippen LogP contribution is -2.22. The Morgan fingerprint density at radius 3 is 2.29 bits per heavy atom. The Kier molecular flexibility index (Phi) is 8.29. The molecule has 232 valence electrons. The van der Waals surface area contributed by atoms with Gasteiger partial charge in [-0.2, -0.15) is 0 Å². The Hall–Kier alpha value is -5.32. The van der Waals surface area contributed by atoms with E-state index in [0.29, 0.717) is 63.0 Å². The molecule has 0 aromatic rings. The van der Waals surface area contributed by atoms with Crippen LogP contribution in [0.25, 0.3) is 0 Å². The Balaban J connectivity index is 1.88. The number of carbonyl (C=O) groups is 3. The molecule has 0 aliphatic carbocycles. The van der Waals surface area contributed by atoms with Crippen LogP contribution in [0.4, 0.5) is 0 Å². The SMILES string of the molecule is C=CC1=C(C)C2=NC1=CC1=NC(=C(CC)C1=CO)C=C1N=C(C(CC(=O)O)=C3NC(=C2)[C@@H](C)[C@@H]3CCC(=O)O)C(C(=O)O)=C1C. The number of carboxylic acid groups (broad SMARTS) is 3. The number of aliphatic hydroxyl groups is 1. The number of carboxylic acids is 3. The summed E-state index contributed by atoms with van der Waals surface area (Å²) in [6, 6.07) is 0. The van der Waals surface area contributed by atoms with Crippen LogP contribution in [0.5, 0.6) is 0 Å². The molecule has 1 saturated heterocycles. The molecule has 2 atom stereocenters. The highest BCUT2D eigenvalue weighted by atomic mass is 16.4. The summed E-state index contributed by atoms with van der Waals surface area (Å²) >= 11 is 0. The maximum atomic E-state index is 12.7. The van der Waals surface area contributed by atoms with Crippen LogP contribution in [-0.2, 0) is 14.4 Å². The standard InChI is InChI=1S/C34H34N4O7/c1-6-18-15(3)23-11-24-16(4)20(8-9-29(40)41)32(37-24)21(10-30(42)43)33-31(34(44)45)17(5)25(38-33)12-27-19(7-2)22(14-39)28(36-27)13-26(18)35-23/h6,11-14,16,20,37,39H,1,7-10H2,2-5H3,(H,40,41)(H,42,43)(H,44,45)/t16-,20-/m0/s1. The maximum Gasteiger partial charge on any atom is 0.338 e. The van der Waals surface area contributed by atoms with E-state index in [1.165, 1.54) is 0 Å². The zero-order valence-electron chi connectivity index (χ0n) is 25.4. The molecule has 0 aromatic heterocycles. The second-order valence-electron chi connectivity index (χ2n) is 11.3. The first-order valence-corrected chi connectivity index (χ1v) is 14.6. The Morgan fingerprint density at radius 1 is 0.956 bits per heavy atom. The van der Waals surface area contributed by atoms with Crippen LogP contribution in [0, 0.1) is 11.8 Å². The van der Waals surface area contributed by atoms with Gasteiger partial charge in [0.05, 0.1) is 52.5 Å². The number of allylic oxidation sites excluding steroid dienone is 10. The van der Waals surface area contributed by atoms with E-state index < -0.39 is 30.2 Å². The maximum absolute atomic E-state index is 12.7. The highest BCUT2D eigenvalue weighted by Crippen LogP contribution is 2.42. The molecule has 0 spiro atoms. The minimum atomic E-state index is -1.27. The smallest absolute Gasteiger partial charge is 0.338 e. The summed E-state index contributed by atoms with van der Waals surface area (Å²) in [5.74, 6) is -4.21. The molecule has 5 aliphatic heterocycles. The zero-order chi connectivity index (χ0) is 32.7. The molecule has 11 nitrogen and oxygen atoms in total. The van der Waals surface area contributed by atoms with Crippen molar-refractivity contribution in [2.24, 2.45) is 26.8 Å². The molecule has 5 rings (SSSR count). The van der Waals surface area contributed by atoms with E-state index in [9.17, 15) is 34.8 Å². The fourth-order valence-electron chi connectivity index (χ4n) is 6.43. The number of fused-ring (bicyclic) bond motifs is 5. The van der Waals surface area contributed by atoms with Gasteiger partial charge in [-0.15, -0.1) is 0 Å². The molecule has 0 radical (unpaired) electrons. The van der Waals surface area contributed by atoms with E-state index in [-0.39, 0.29) is 35.6 Å². The summed E-state index contributed by atoms with van der Waals surface area (Å²) in [4.78, 5) is 50.9. The molecule has 5 heterocycles. The lowest BCUT2D eigenvalue weighted by atomic mass is 9.84. The Bertz CT molecular complexity index is 1820. The van der Waals surface area contributed by atoms with Crippen LogP contribution >= 0.6 is 0 Å². The first kappa shape index (κ1) is 31.1. The van der Waals surface area contributed by atoms with Crippen LogP contribution < -0.4 is 5.32 Å². The quantitative estimate of drug-likeness (QED) is 0.224. The van der Waals surface area contributed by atoms with Gasteiger partial charge in [0.25, 0.3) is 0 Å². The van der Waals surface area contributed by atoms with Crippen molar-refractivity contribution < 1.29 is 34.8 Å². The summed E-state index contributed by atoms with van der Waals surface area (Å²) in [5.41, 5.74) is 6.73. The van der Waals surface area contributed by atoms with Gasteiger partial charge in [0.1, 0.15) is 0 Å². The number of aliphatic carboxylic acids is 3. The molecule has 0 amide bonds. The van der Waals surface area contributed by atoms with Gasteiger partial charge in [0.15, 0.2) is 0 Å². The molecule has 0 unspecified atom stereocenters. The first-order valence-electron chi connectivity index (χ1n) is 14.6. The molecule has 5 N–H and O–H groups in total. The minimum Gasteiger partial charge on any atom is -0.515 e. The second kappa shape index (κ2) is 12.0. The van der Waals surface area contributed by atoms with Gasteiger partial charge in [0.2, 0.25) is 0 Å². The monoisotopic (exact) mass is 610 g/mol. The van der Waals surface area contributed by atoms with Crippen molar-refractivity contribution in [1.82, 2.24) is 5.32 Å². The summed E-state index contributed by atoms with van der Waals surface area (Å²) in [6.45, 7) is 11.3. The van der Waals surface area contributed by atoms with Crippen molar-refractivity contribution in [3.8, 4) is 0 Å². The van der Waals surface area contributed by atoms with Crippen LogP contribution in [0.1, 0.15) is 53.4 Å². The van der Waals surface area contributed by atoms with Gasteiger partial charge in [-0.05, 0) is 61.6 Å². The number of rotatable bonds is 8. The first-order chi connectivity index (χ1) is 21.4. The third kappa shape index (κ3) is 5.45. The van der Waals surface area contributed by atoms with Gasteiger partial charge in [-0.1, -0.05) is 26.5 Å². The third-order valence-electron chi connectivity index (χ3n) is 8.78. The van der Waals surface area contributed by atoms with E-state index >= 15 is 0 Å². The fraction of sp³-hybridized carbons (Fsp3) is 0.294. The number of hydrogen-bond acceptors (Lipinski definition) is 8. The lowest BCUT2D eigenvalue weighted by Gasteiger charge is -2.18. The van der Waals surface area contributed by atoms with Gasteiger partial charge < -0.3 is 25.7 Å². The van der Waals surface area contributed by atoms with Crippen molar-refractivity contribution in [3.05, 3.63) is 105 Å². The van der Waals surface area contributed by atoms with E-state index in [4.69, 9.17) is 15.0 Å². The molecule has 5 aliphatic rings. The fourth-order valence-corrected chi connectivity index (χ4v) is 6.43. The molecule has 0 aromatic carbocycles. The zero-order valence-corrected chi connectivity index (χ0v) is 25.4. The predicted octanol–water partition coefficient (Wildman–Crippen LogP) is 5.47. The van der Waals surface area contributed by atoms with Crippen LogP contribution in [0.3, 0.4) is 0 Å². The van der Waals surface area contributed by atoms with Crippen molar-refractivity contribution >= 4 is 35.0 Å². The molecule has 45 heavy (non-hydrogen) atoms. The highest BCUT2D eigenvalue weighted by molar-refractivity contribution is 6.30. The van der Waals surface area contributed by atoms with E-state index in [0.717, 1.165) is 17.4 Å². The Morgan fingerprint density at radius 2 is 1.69 bits per heavy atom. The molecular weight excluding hydrogens is 576 g/mol. The number of hydrogen-bond donors (Lipinski definition) is 5. The molecule has 11 heteroatoms. The number of nitrogens with zero attached hydrogens (tertiary/aromatic N) is 3. The molecule has 8 bridgehead atoms. The van der Waals surface area contributed by atoms with Crippen molar-refractivity contribution in [2.45, 2.75) is 53.4 Å². The predicted molar refractivity (Wildman–Crippen MR) is 170 cm³/mol.